The van der Waals surface area contributed by atoms with Gasteiger partial charge in [-0.1, -0.05) is 37.5 Å². The van der Waals surface area contributed by atoms with Crippen molar-refractivity contribution < 1.29 is 4.42 Å². The molecule has 1 aliphatic carbocycles. The molecule has 1 aromatic carbocycles. The first kappa shape index (κ1) is 16.1. The van der Waals surface area contributed by atoms with Gasteiger partial charge in [-0.05, 0) is 37.4 Å². The predicted molar refractivity (Wildman–Crippen MR) is 101 cm³/mol. The molecule has 1 N–H and O–H groups in total. The third-order valence-corrected chi connectivity index (χ3v) is 6.16. The maximum absolute atomic E-state index is 6.06. The highest BCUT2D eigenvalue weighted by atomic mass is 16.4. The fraction of sp³-hybridized carbons (Fsp3) is 0.524. The lowest BCUT2D eigenvalue weighted by atomic mass is 9.94. The predicted octanol–water partition coefficient (Wildman–Crippen LogP) is 4.26. The van der Waals surface area contributed by atoms with Crippen molar-refractivity contribution >= 4 is 10.9 Å². The van der Waals surface area contributed by atoms with Crippen molar-refractivity contribution in [1.29, 1.82) is 0 Å². The number of H-pyrrole nitrogens is 1. The van der Waals surface area contributed by atoms with Crippen LogP contribution in [0.25, 0.3) is 10.9 Å². The quantitative estimate of drug-likeness (QED) is 0.764. The van der Waals surface area contributed by atoms with E-state index in [2.05, 4.69) is 44.5 Å². The van der Waals surface area contributed by atoms with Gasteiger partial charge < -0.3 is 9.40 Å². The van der Waals surface area contributed by atoms with Crippen LogP contribution >= 0.6 is 0 Å². The van der Waals surface area contributed by atoms with Crippen LogP contribution in [0.5, 0.6) is 0 Å². The van der Waals surface area contributed by atoms with Gasteiger partial charge in [0.1, 0.15) is 0 Å². The van der Waals surface area contributed by atoms with Gasteiger partial charge in [-0.25, -0.2) is 0 Å². The molecule has 2 aromatic heterocycles. The maximum Gasteiger partial charge on any atom is 0.221 e. The molecule has 3 heterocycles. The molecular formula is C21H26N4O. The molecule has 0 amide bonds. The molecule has 3 aromatic rings. The molecule has 0 unspecified atom stereocenters. The molecule has 26 heavy (non-hydrogen) atoms. The number of hydrogen-bond donors (Lipinski definition) is 1. The number of rotatable bonds is 4. The van der Waals surface area contributed by atoms with Crippen LogP contribution in [0.3, 0.4) is 0 Å². The Morgan fingerprint density at radius 2 is 1.96 bits per heavy atom. The first-order valence-electron chi connectivity index (χ1n) is 9.98. The highest BCUT2D eigenvalue weighted by Crippen LogP contribution is 2.32. The summed E-state index contributed by atoms with van der Waals surface area (Å²) in [4.78, 5) is 5.98. The Morgan fingerprint density at radius 1 is 1.08 bits per heavy atom. The van der Waals surface area contributed by atoms with Crippen molar-refractivity contribution in [3.63, 3.8) is 0 Å². The number of aromatic nitrogens is 3. The molecule has 5 nitrogen and oxygen atoms in total. The van der Waals surface area contributed by atoms with Gasteiger partial charge >= 0.3 is 0 Å². The summed E-state index contributed by atoms with van der Waals surface area (Å²) in [5.41, 5.74) is 2.37. The van der Waals surface area contributed by atoms with E-state index in [9.17, 15) is 0 Å². The Morgan fingerprint density at radius 3 is 2.88 bits per heavy atom. The van der Waals surface area contributed by atoms with Crippen molar-refractivity contribution in [2.75, 3.05) is 13.1 Å². The number of nitrogens with zero attached hydrogens (tertiary/aromatic N) is 3. The van der Waals surface area contributed by atoms with Gasteiger partial charge in [0, 0.05) is 29.7 Å². The summed E-state index contributed by atoms with van der Waals surface area (Å²) in [5, 5.41) is 9.95. The van der Waals surface area contributed by atoms with E-state index in [1.54, 1.807) is 0 Å². The van der Waals surface area contributed by atoms with E-state index in [0.29, 0.717) is 12.3 Å². The van der Waals surface area contributed by atoms with Crippen LogP contribution in [-0.2, 0) is 6.42 Å². The van der Waals surface area contributed by atoms with Gasteiger partial charge in [-0.3, -0.25) is 4.90 Å². The lowest BCUT2D eigenvalue weighted by molar-refractivity contribution is 0.187. The summed E-state index contributed by atoms with van der Waals surface area (Å²) in [6, 6.07) is 9.12. The minimum absolute atomic E-state index is 0.404. The van der Waals surface area contributed by atoms with Gasteiger partial charge in [-0.2, -0.15) is 0 Å². The molecule has 0 radical (unpaired) electrons. The maximum atomic E-state index is 6.06. The van der Waals surface area contributed by atoms with Gasteiger partial charge in [0.05, 0.1) is 12.3 Å². The third kappa shape index (κ3) is 3.05. The molecule has 2 aliphatic rings. The summed E-state index contributed by atoms with van der Waals surface area (Å²) >= 11 is 0. The van der Waals surface area contributed by atoms with Gasteiger partial charge in [0.2, 0.25) is 11.8 Å². The first-order valence-corrected chi connectivity index (χ1v) is 9.98. The second-order valence-corrected chi connectivity index (χ2v) is 7.84. The monoisotopic (exact) mass is 350 g/mol. The average Bonchev–Trinajstić information content (AvgIpc) is 3.43. The molecule has 0 spiro atoms. The molecular weight excluding hydrogens is 324 g/mol. The molecule has 5 rings (SSSR count). The van der Waals surface area contributed by atoms with Crippen LogP contribution in [0, 0.1) is 0 Å². The molecule has 1 saturated heterocycles. The highest BCUT2D eigenvalue weighted by Gasteiger charge is 2.32. The number of hydrogen-bond acceptors (Lipinski definition) is 4. The van der Waals surface area contributed by atoms with Crippen molar-refractivity contribution in [2.45, 2.75) is 56.9 Å². The Bertz CT molecular complexity index is 877. The number of benzene rings is 1. The number of aromatic amines is 1. The highest BCUT2D eigenvalue weighted by molar-refractivity contribution is 5.83. The second kappa shape index (κ2) is 6.88. The third-order valence-electron chi connectivity index (χ3n) is 6.16. The Hall–Kier alpha value is -2.14. The minimum Gasteiger partial charge on any atom is -0.425 e. The summed E-state index contributed by atoms with van der Waals surface area (Å²) in [6.07, 6.45) is 10.8. The molecule has 1 aliphatic heterocycles. The molecule has 0 bridgehead atoms. The SMILES string of the molecule is c1ccc2c(Cc3nnc([C@H]4CCN(C5CCCCC5)C4)o3)c[nH]c2c1. The number of nitrogens with one attached hydrogen (secondary N) is 1. The van der Waals surface area contributed by atoms with Gasteiger partial charge in [-0.15, -0.1) is 10.2 Å². The molecule has 136 valence electrons. The molecule has 1 saturated carbocycles. The van der Waals surface area contributed by atoms with Crippen LogP contribution in [0.15, 0.2) is 34.9 Å². The van der Waals surface area contributed by atoms with E-state index in [0.717, 1.165) is 36.3 Å². The zero-order valence-electron chi connectivity index (χ0n) is 15.2. The summed E-state index contributed by atoms with van der Waals surface area (Å²) in [6.45, 7) is 2.26. The topological polar surface area (TPSA) is 58.0 Å². The zero-order chi connectivity index (χ0) is 17.3. The molecule has 2 fully saturated rings. The van der Waals surface area contributed by atoms with E-state index in [1.807, 2.05) is 6.07 Å². The van der Waals surface area contributed by atoms with Crippen molar-refractivity contribution in [3.8, 4) is 0 Å². The smallest absolute Gasteiger partial charge is 0.221 e. The second-order valence-electron chi connectivity index (χ2n) is 7.84. The lowest BCUT2D eigenvalue weighted by Crippen LogP contribution is -2.34. The van der Waals surface area contributed by atoms with E-state index in [-0.39, 0.29) is 0 Å². The van der Waals surface area contributed by atoms with E-state index >= 15 is 0 Å². The fourth-order valence-corrected chi connectivity index (χ4v) is 4.71. The summed E-state index contributed by atoms with van der Waals surface area (Å²) in [5.74, 6) is 1.96. The van der Waals surface area contributed by atoms with E-state index in [1.165, 1.54) is 49.6 Å². The number of fused-ring (bicyclic) bond motifs is 1. The normalized spacial score (nSPS) is 22.4. The van der Waals surface area contributed by atoms with E-state index < -0.39 is 0 Å². The van der Waals surface area contributed by atoms with Crippen LogP contribution < -0.4 is 0 Å². The van der Waals surface area contributed by atoms with Crippen LogP contribution in [0.2, 0.25) is 0 Å². The minimum atomic E-state index is 0.404. The zero-order valence-corrected chi connectivity index (χ0v) is 15.2. The Kier molecular flexibility index (Phi) is 4.25. The molecule has 5 heteroatoms. The Balaban J connectivity index is 1.27. The molecule has 1 atom stereocenters. The van der Waals surface area contributed by atoms with Gasteiger partial charge in [0.25, 0.3) is 0 Å². The lowest BCUT2D eigenvalue weighted by Gasteiger charge is -2.30. The summed E-state index contributed by atoms with van der Waals surface area (Å²) < 4.78 is 6.06. The summed E-state index contributed by atoms with van der Waals surface area (Å²) in [7, 11) is 0. The largest absolute Gasteiger partial charge is 0.425 e. The van der Waals surface area contributed by atoms with Crippen LogP contribution in [-0.4, -0.2) is 39.2 Å². The van der Waals surface area contributed by atoms with Crippen LogP contribution in [0.4, 0.5) is 0 Å². The number of likely N-dealkylation sites (tertiary alicyclic amines) is 1. The average molecular weight is 350 g/mol. The van der Waals surface area contributed by atoms with Crippen molar-refractivity contribution in [3.05, 3.63) is 47.8 Å². The first-order chi connectivity index (χ1) is 12.9. The van der Waals surface area contributed by atoms with Crippen LogP contribution in [0.1, 0.15) is 61.8 Å². The fourth-order valence-electron chi connectivity index (χ4n) is 4.71. The van der Waals surface area contributed by atoms with E-state index in [4.69, 9.17) is 4.42 Å². The van der Waals surface area contributed by atoms with Crippen molar-refractivity contribution in [1.82, 2.24) is 20.1 Å². The standard InChI is InChI=1S/C21H26N4O/c1-2-6-17(7-3-1)25-11-10-15(14-25)21-24-23-20(26-21)12-16-13-22-19-9-5-4-8-18(16)19/h4-5,8-9,13,15,17,22H,1-3,6-7,10-12,14H2/t15-/m0/s1. The van der Waals surface area contributed by atoms with Crippen molar-refractivity contribution in [2.24, 2.45) is 0 Å². The number of para-hydroxylation sites is 1. The Labute approximate surface area is 153 Å². The van der Waals surface area contributed by atoms with Gasteiger partial charge in [0.15, 0.2) is 0 Å².